The summed E-state index contributed by atoms with van der Waals surface area (Å²) in [6, 6.07) is 9.42. The molecule has 0 saturated carbocycles. The average molecular weight is 359 g/mol. The maximum Gasteiger partial charge on any atom is 0.199 e. The fourth-order valence-electron chi connectivity index (χ4n) is 2.50. The first-order chi connectivity index (χ1) is 12.1. The van der Waals surface area contributed by atoms with E-state index in [1.807, 2.05) is 38.1 Å². The minimum absolute atomic E-state index is 0.270. The lowest BCUT2D eigenvalue weighted by Gasteiger charge is -2.18. The molecule has 0 spiro atoms. The van der Waals surface area contributed by atoms with Gasteiger partial charge >= 0.3 is 0 Å². The Balaban J connectivity index is 1.81. The van der Waals surface area contributed by atoms with Gasteiger partial charge in [0.25, 0.3) is 0 Å². The highest BCUT2D eigenvalue weighted by Gasteiger charge is 2.16. The van der Waals surface area contributed by atoms with Crippen molar-refractivity contribution in [2.75, 3.05) is 7.11 Å². The standard InChI is InChI=1S/C18H21N3O3S/c1-4-17(23-3)24-16-9-10-19-15(12(16)2)11-25(22)18-20-13-7-5-6-8-14(13)21-18/h5-10,17H,4,11H2,1-3H3,(H,20,21). The fourth-order valence-corrected chi connectivity index (χ4v) is 3.60. The second-order valence-corrected chi connectivity index (χ2v) is 6.99. The van der Waals surface area contributed by atoms with E-state index in [0.29, 0.717) is 10.9 Å². The van der Waals surface area contributed by atoms with Gasteiger partial charge in [-0.05, 0) is 25.1 Å². The predicted octanol–water partition coefficient (Wildman–Crippen LogP) is 3.34. The van der Waals surface area contributed by atoms with Gasteiger partial charge in [-0.2, -0.15) is 0 Å². The SMILES string of the molecule is CCC(OC)Oc1ccnc(CS(=O)c2nc3ccccc3[nH]2)c1C. The number of hydrogen-bond acceptors (Lipinski definition) is 5. The summed E-state index contributed by atoms with van der Waals surface area (Å²) in [5.74, 6) is 0.965. The Morgan fingerprint density at radius 2 is 2.08 bits per heavy atom. The number of aromatic amines is 1. The number of ether oxygens (including phenoxy) is 2. The summed E-state index contributed by atoms with van der Waals surface area (Å²) in [7, 11) is 0.296. The Bertz CT molecular complexity index is 857. The fraction of sp³-hybridized carbons (Fsp3) is 0.333. The number of nitrogens with one attached hydrogen (secondary N) is 1. The van der Waals surface area contributed by atoms with Crippen molar-refractivity contribution in [1.82, 2.24) is 15.0 Å². The molecule has 132 valence electrons. The third-order valence-corrected chi connectivity index (χ3v) is 5.12. The number of pyridine rings is 1. The summed E-state index contributed by atoms with van der Waals surface area (Å²) in [4.78, 5) is 11.9. The molecule has 1 aromatic carbocycles. The molecule has 0 aliphatic carbocycles. The number of H-pyrrole nitrogens is 1. The van der Waals surface area contributed by atoms with Crippen LogP contribution in [-0.2, 0) is 21.3 Å². The molecule has 0 fully saturated rings. The molecule has 7 heteroatoms. The van der Waals surface area contributed by atoms with Crippen LogP contribution < -0.4 is 4.74 Å². The molecule has 3 rings (SSSR count). The van der Waals surface area contributed by atoms with E-state index >= 15 is 0 Å². The Morgan fingerprint density at radius 1 is 1.28 bits per heavy atom. The van der Waals surface area contributed by atoms with Gasteiger partial charge in [0.1, 0.15) is 5.75 Å². The highest BCUT2D eigenvalue weighted by molar-refractivity contribution is 7.84. The second kappa shape index (κ2) is 7.76. The van der Waals surface area contributed by atoms with E-state index in [1.165, 1.54) is 0 Å². The molecule has 2 aromatic heterocycles. The van der Waals surface area contributed by atoms with E-state index in [0.717, 1.165) is 28.7 Å². The van der Waals surface area contributed by atoms with Gasteiger partial charge in [-0.25, -0.2) is 4.98 Å². The summed E-state index contributed by atoms with van der Waals surface area (Å²) in [6.45, 7) is 3.90. The van der Waals surface area contributed by atoms with Crippen molar-refractivity contribution in [2.24, 2.45) is 0 Å². The topological polar surface area (TPSA) is 77.1 Å². The molecular weight excluding hydrogens is 338 g/mol. The van der Waals surface area contributed by atoms with Crippen molar-refractivity contribution in [3.63, 3.8) is 0 Å². The minimum Gasteiger partial charge on any atom is -0.465 e. The van der Waals surface area contributed by atoms with Crippen LogP contribution in [0.15, 0.2) is 41.7 Å². The summed E-state index contributed by atoms with van der Waals surface area (Å²) >= 11 is 0. The first-order valence-electron chi connectivity index (χ1n) is 8.09. The summed E-state index contributed by atoms with van der Waals surface area (Å²) in [5.41, 5.74) is 3.27. The average Bonchev–Trinajstić information content (AvgIpc) is 3.07. The van der Waals surface area contributed by atoms with Crippen molar-refractivity contribution in [1.29, 1.82) is 0 Å². The lowest BCUT2D eigenvalue weighted by atomic mass is 10.2. The first-order valence-corrected chi connectivity index (χ1v) is 9.41. The van der Waals surface area contributed by atoms with Gasteiger partial charge < -0.3 is 14.5 Å². The number of para-hydroxylation sites is 2. The molecule has 6 nitrogen and oxygen atoms in total. The van der Waals surface area contributed by atoms with E-state index in [9.17, 15) is 4.21 Å². The molecule has 2 atom stereocenters. The van der Waals surface area contributed by atoms with Crippen LogP contribution in [0.25, 0.3) is 11.0 Å². The van der Waals surface area contributed by atoms with E-state index in [1.54, 1.807) is 19.4 Å². The molecule has 0 radical (unpaired) electrons. The summed E-state index contributed by atoms with van der Waals surface area (Å²) in [6.07, 6.45) is 2.09. The number of imidazole rings is 1. The Labute approximate surface area is 149 Å². The Kier molecular flexibility index (Phi) is 5.45. The van der Waals surface area contributed by atoms with Gasteiger partial charge in [-0.1, -0.05) is 19.1 Å². The molecule has 0 amide bonds. The van der Waals surface area contributed by atoms with Crippen molar-refractivity contribution < 1.29 is 13.7 Å². The van der Waals surface area contributed by atoms with Crippen LogP contribution in [-0.4, -0.2) is 32.6 Å². The number of rotatable bonds is 7. The molecule has 2 unspecified atom stereocenters. The molecule has 0 saturated heterocycles. The zero-order valence-corrected chi connectivity index (χ0v) is 15.3. The van der Waals surface area contributed by atoms with Crippen LogP contribution in [0.5, 0.6) is 5.75 Å². The Hall–Kier alpha value is -2.25. The van der Waals surface area contributed by atoms with Gasteiger partial charge in [-0.15, -0.1) is 0 Å². The highest BCUT2D eigenvalue weighted by Crippen LogP contribution is 2.24. The molecule has 2 heterocycles. The monoisotopic (exact) mass is 359 g/mol. The van der Waals surface area contributed by atoms with Gasteiger partial charge in [0.15, 0.2) is 11.4 Å². The number of hydrogen-bond donors (Lipinski definition) is 1. The van der Waals surface area contributed by atoms with Gasteiger partial charge in [-0.3, -0.25) is 9.19 Å². The van der Waals surface area contributed by atoms with Crippen LogP contribution in [0.2, 0.25) is 0 Å². The van der Waals surface area contributed by atoms with Crippen LogP contribution in [0.3, 0.4) is 0 Å². The summed E-state index contributed by atoms with van der Waals surface area (Å²) < 4.78 is 23.8. The van der Waals surface area contributed by atoms with Crippen molar-refractivity contribution in [2.45, 2.75) is 37.5 Å². The quantitative estimate of drug-likeness (QED) is 0.655. The molecule has 3 aromatic rings. The van der Waals surface area contributed by atoms with Crippen LogP contribution >= 0.6 is 0 Å². The van der Waals surface area contributed by atoms with Crippen LogP contribution in [0, 0.1) is 6.92 Å². The Morgan fingerprint density at radius 3 is 2.80 bits per heavy atom. The van der Waals surface area contributed by atoms with Gasteiger partial charge in [0, 0.05) is 25.3 Å². The molecular formula is C18H21N3O3S. The number of fused-ring (bicyclic) bond motifs is 1. The van der Waals surface area contributed by atoms with Crippen molar-refractivity contribution in [3.05, 3.63) is 47.8 Å². The predicted molar refractivity (Wildman–Crippen MR) is 96.9 cm³/mol. The highest BCUT2D eigenvalue weighted by atomic mass is 32.2. The van der Waals surface area contributed by atoms with Crippen molar-refractivity contribution in [3.8, 4) is 5.75 Å². The molecule has 0 bridgehead atoms. The second-order valence-electron chi connectivity index (χ2n) is 5.62. The van der Waals surface area contributed by atoms with E-state index < -0.39 is 10.8 Å². The van der Waals surface area contributed by atoms with E-state index in [4.69, 9.17) is 9.47 Å². The zero-order chi connectivity index (χ0) is 17.8. The molecule has 0 aliphatic heterocycles. The first kappa shape index (κ1) is 17.6. The lowest BCUT2D eigenvalue weighted by Crippen LogP contribution is -2.18. The van der Waals surface area contributed by atoms with Crippen LogP contribution in [0.1, 0.15) is 24.6 Å². The van der Waals surface area contributed by atoms with Crippen molar-refractivity contribution >= 4 is 21.8 Å². The molecule has 1 N–H and O–H groups in total. The molecule has 0 aliphatic rings. The third-order valence-electron chi connectivity index (χ3n) is 3.96. The van der Waals surface area contributed by atoms with Crippen LogP contribution in [0.4, 0.5) is 0 Å². The maximum atomic E-state index is 12.7. The zero-order valence-electron chi connectivity index (χ0n) is 14.5. The normalized spacial score (nSPS) is 13.7. The lowest BCUT2D eigenvalue weighted by molar-refractivity contribution is -0.0552. The maximum absolute atomic E-state index is 12.7. The number of nitrogens with zero attached hydrogens (tertiary/aromatic N) is 2. The van der Waals surface area contributed by atoms with E-state index in [2.05, 4.69) is 15.0 Å². The van der Waals surface area contributed by atoms with Gasteiger partial charge in [0.2, 0.25) is 0 Å². The minimum atomic E-state index is -1.32. The largest absolute Gasteiger partial charge is 0.465 e. The third kappa shape index (κ3) is 3.88. The molecule has 25 heavy (non-hydrogen) atoms. The smallest absolute Gasteiger partial charge is 0.199 e. The summed E-state index contributed by atoms with van der Waals surface area (Å²) in [5, 5.41) is 0.456. The number of methoxy groups -OCH3 is 1. The number of aromatic nitrogens is 3. The number of benzene rings is 1. The van der Waals surface area contributed by atoms with Gasteiger partial charge in [0.05, 0.1) is 33.3 Å². The van der Waals surface area contributed by atoms with E-state index in [-0.39, 0.29) is 12.0 Å².